The first-order valence-electron chi connectivity index (χ1n) is 5.01. The lowest BCUT2D eigenvalue weighted by molar-refractivity contribution is 1.52. The molecule has 0 amide bonds. The SMILES string of the molecule is C=C1C=CC=CC=CC=CC(C)=CC=C1. The quantitative estimate of drug-likeness (QED) is 0.542. The molecule has 0 bridgehead atoms. The van der Waals surface area contributed by atoms with E-state index in [9.17, 15) is 0 Å². The van der Waals surface area contributed by atoms with Crippen molar-refractivity contribution >= 4 is 0 Å². The minimum atomic E-state index is 0.996. The Morgan fingerprint density at radius 1 is 0.733 bits per heavy atom. The molecular formula is C15H16. The van der Waals surface area contributed by atoms with Gasteiger partial charge in [0.2, 0.25) is 0 Å². The Morgan fingerprint density at radius 2 is 1.27 bits per heavy atom. The van der Waals surface area contributed by atoms with Crippen LogP contribution in [0.5, 0.6) is 0 Å². The van der Waals surface area contributed by atoms with E-state index < -0.39 is 0 Å². The van der Waals surface area contributed by atoms with Crippen molar-refractivity contribution in [2.24, 2.45) is 0 Å². The highest BCUT2D eigenvalue weighted by Crippen LogP contribution is 2.00. The second kappa shape index (κ2) is 6.61. The van der Waals surface area contributed by atoms with Gasteiger partial charge in [-0.1, -0.05) is 79.0 Å². The zero-order valence-electron chi connectivity index (χ0n) is 9.06. The topological polar surface area (TPSA) is 0 Å². The molecule has 15 heavy (non-hydrogen) atoms. The summed E-state index contributed by atoms with van der Waals surface area (Å²) >= 11 is 0. The zero-order chi connectivity index (χ0) is 10.9. The molecule has 1 rings (SSSR count). The molecule has 0 aromatic carbocycles. The van der Waals surface area contributed by atoms with Crippen molar-refractivity contribution in [2.75, 3.05) is 0 Å². The molecule has 1 aliphatic rings. The fourth-order valence-electron chi connectivity index (χ4n) is 1.08. The van der Waals surface area contributed by atoms with Crippen LogP contribution in [0.2, 0.25) is 0 Å². The maximum atomic E-state index is 3.92. The van der Waals surface area contributed by atoms with E-state index in [1.165, 1.54) is 5.57 Å². The number of rotatable bonds is 0. The largest absolute Gasteiger partial charge is 0.0918 e. The molecule has 0 fully saturated rings. The van der Waals surface area contributed by atoms with E-state index in [-0.39, 0.29) is 0 Å². The molecule has 76 valence electrons. The van der Waals surface area contributed by atoms with Gasteiger partial charge in [-0.2, -0.15) is 0 Å². The third-order valence-electron chi connectivity index (χ3n) is 1.89. The zero-order valence-corrected chi connectivity index (χ0v) is 9.06. The maximum Gasteiger partial charge on any atom is -0.0329 e. The van der Waals surface area contributed by atoms with E-state index in [4.69, 9.17) is 0 Å². The lowest BCUT2D eigenvalue weighted by Gasteiger charge is -1.88. The predicted octanol–water partition coefficient (Wildman–Crippen LogP) is 4.28. The van der Waals surface area contributed by atoms with Gasteiger partial charge in [0.15, 0.2) is 0 Å². The lowest BCUT2D eigenvalue weighted by Crippen LogP contribution is -1.67. The summed E-state index contributed by atoms with van der Waals surface area (Å²) in [5.74, 6) is 0. The second-order valence-electron chi connectivity index (χ2n) is 3.33. The van der Waals surface area contributed by atoms with Crippen LogP contribution in [0.15, 0.2) is 84.6 Å². The van der Waals surface area contributed by atoms with Crippen molar-refractivity contribution in [2.45, 2.75) is 6.92 Å². The molecule has 0 radical (unpaired) electrons. The molecule has 1 aliphatic carbocycles. The van der Waals surface area contributed by atoms with Gasteiger partial charge in [0.25, 0.3) is 0 Å². The molecule has 0 aromatic rings. The fourth-order valence-corrected chi connectivity index (χ4v) is 1.08. The highest BCUT2D eigenvalue weighted by molar-refractivity contribution is 5.34. The molecule has 0 N–H and O–H groups in total. The van der Waals surface area contributed by atoms with Crippen molar-refractivity contribution in [3.8, 4) is 0 Å². The molecule has 0 saturated heterocycles. The molecule has 0 atom stereocenters. The van der Waals surface area contributed by atoms with E-state index in [0.29, 0.717) is 0 Å². The molecule has 0 heterocycles. The summed E-state index contributed by atoms with van der Waals surface area (Å²) in [6.07, 6.45) is 22.1. The van der Waals surface area contributed by atoms with Crippen LogP contribution in [0.1, 0.15) is 6.92 Å². The predicted molar refractivity (Wildman–Crippen MR) is 68.6 cm³/mol. The minimum Gasteiger partial charge on any atom is -0.0918 e. The van der Waals surface area contributed by atoms with Gasteiger partial charge in [0.1, 0.15) is 0 Å². The van der Waals surface area contributed by atoms with Crippen LogP contribution >= 0.6 is 0 Å². The van der Waals surface area contributed by atoms with Crippen molar-refractivity contribution in [3.63, 3.8) is 0 Å². The lowest BCUT2D eigenvalue weighted by atomic mass is 10.2. The number of hydrogen-bond acceptors (Lipinski definition) is 0. The van der Waals surface area contributed by atoms with Crippen molar-refractivity contribution in [1.29, 1.82) is 0 Å². The minimum absolute atomic E-state index is 0.996. The highest BCUT2D eigenvalue weighted by atomic mass is 13.9. The van der Waals surface area contributed by atoms with Crippen LogP contribution in [0.3, 0.4) is 0 Å². The fraction of sp³-hybridized carbons (Fsp3) is 0.0667. The van der Waals surface area contributed by atoms with E-state index >= 15 is 0 Å². The van der Waals surface area contributed by atoms with Crippen LogP contribution in [0.4, 0.5) is 0 Å². The average molecular weight is 196 g/mol. The molecule has 0 aliphatic heterocycles. The maximum absolute atomic E-state index is 3.92. The first kappa shape index (κ1) is 11.3. The van der Waals surface area contributed by atoms with Crippen LogP contribution in [-0.4, -0.2) is 0 Å². The smallest absolute Gasteiger partial charge is 0.0329 e. The Labute approximate surface area is 92.0 Å². The van der Waals surface area contributed by atoms with E-state index in [0.717, 1.165) is 5.57 Å². The van der Waals surface area contributed by atoms with Crippen molar-refractivity contribution in [1.82, 2.24) is 0 Å². The summed E-state index contributed by atoms with van der Waals surface area (Å²) in [4.78, 5) is 0. The third-order valence-corrected chi connectivity index (χ3v) is 1.89. The molecule has 0 spiro atoms. The number of hydrogen-bond donors (Lipinski definition) is 0. The summed E-state index contributed by atoms with van der Waals surface area (Å²) in [6.45, 7) is 5.99. The van der Waals surface area contributed by atoms with Gasteiger partial charge < -0.3 is 0 Å². The Bertz CT molecular complexity index is 382. The monoisotopic (exact) mass is 196 g/mol. The van der Waals surface area contributed by atoms with Gasteiger partial charge in [-0.25, -0.2) is 0 Å². The summed E-state index contributed by atoms with van der Waals surface area (Å²) in [5, 5.41) is 0. The summed E-state index contributed by atoms with van der Waals surface area (Å²) in [5.41, 5.74) is 2.21. The van der Waals surface area contributed by atoms with E-state index in [1.807, 2.05) is 54.7 Å². The van der Waals surface area contributed by atoms with Gasteiger partial charge in [-0.15, -0.1) is 0 Å². The van der Waals surface area contributed by atoms with E-state index in [1.54, 1.807) is 0 Å². The molecule has 0 heteroatoms. The number of allylic oxidation sites excluding steroid dienone is 13. The Kier molecular flexibility index (Phi) is 4.96. The normalized spacial score (nSPS) is 16.9. The van der Waals surface area contributed by atoms with Gasteiger partial charge >= 0.3 is 0 Å². The van der Waals surface area contributed by atoms with Crippen LogP contribution in [-0.2, 0) is 0 Å². The third kappa shape index (κ3) is 5.48. The van der Waals surface area contributed by atoms with Gasteiger partial charge in [0, 0.05) is 0 Å². The standard InChI is InChI=1S/C15H16/c1-14-10-7-5-3-4-6-8-11-15(2)13-9-12-14/h3-13H,1H2,2H3. The van der Waals surface area contributed by atoms with Gasteiger partial charge in [-0.3, -0.25) is 0 Å². The highest BCUT2D eigenvalue weighted by Gasteiger charge is 1.80. The first-order chi connectivity index (χ1) is 7.29. The average Bonchev–Trinajstić information content (AvgIpc) is 2.22. The first-order valence-corrected chi connectivity index (χ1v) is 5.01. The molecule has 0 aromatic heterocycles. The molecule has 0 saturated carbocycles. The van der Waals surface area contributed by atoms with Crippen molar-refractivity contribution in [3.05, 3.63) is 84.6 Å². The summed E-state index contributed by atoms with van der Waals surface area (Å²) in [6, 6.07) is 0. The molecule has 0 nitrogen and oxygen atoms in total. The summed E-state index contributed by atoms with van der Waals surface area (Å²) in [7, 11) is 0. The second-order valence-corrected chi connectivity index (χ2v) is 3.33. The molecular weight excluding hydrogens is 180 g/mol. The summed E-state index contributed by atoms with van der Waals surface area (Å²) < 4.78 is 0. The van der Waals surface area contributed by atoms with Crippen LogP contribution in [0.25, 0.3) is 0 Å². The van der Waals surface area contributed by atoms with E-state index in [2.05, 4.69) is 25.7 Å². The van der Waals surface area contributed by atoms with Gasteiger partial charge in [-0.05, 0) is 12.5 Å². The van der Waals surface area contributed by atoms with Gasteiger partial charge in [0.05, 0.1) is 0 Å². The van der Waals surface area contributed by atoms with Crippen molar-refractivity contribution < 1.29 is 0 Å². The Balaban J connectivity index is 2.88. The Hall–Kier alpha value is -1.82. The molecule has 0 unspecified atom stereocenters. The van der Waals surface area contributed by atoms with Crippen LogP contribution < -0.4 is 0 Å². The van der Waals surface area contributed by atoms with Crippen LogP contribution in [0, 0.1) is 0 Å². The Morgan fingerprint density at radius 3 is 2.00 bits per heavy atom.